The highest BCUT2D eigenvalue weighted by Gasteiger charge is 2.28. The number of benzene rings is 1. The van der Waals surface area contributed by atoms with Gasteiger partial charge in [-0.15, -0.1) is 4.40 Å². The van der Waals surface area contributed by atoms with E-state index >= 15 is 0 Å². The number of nitrogens with one attached hydrogen (secondary N) is 1. The van der Waals surface area contributed by atoms with Crippen molar-refractivity contribution in [2.24, 2.45) is 10.3 Å². The van der Waals surface area contributed by atoms with E-state index in [0.717, 1.165) is 25.8 Å². The molecule has 33 heavy (non-hydrogen) atoms. The van der Waals surface area contributed by atoms with Crippen LogP contribution in [0.1, 0.15) is 52.9 Å². The van der Waals surface area contributed by atoms with Crippen LogP contribution in [0.3, 0.4) is 0 Å². The summed E-state index contributed by atoms with van der Waals surface area (Å²) in [4.78, 5) is 28.3. The lowest BCUT2D eigenvalue weighted by molar-refractivity contribution is -0.117. The summed E-state index contributed by atoms with van der Waals surface area (Å²) in [6.07, 6.45) is 3.06. The molecule has 9 nitrogen and oxygen atoms in total. The molecular formula is C23H34N4O5S. The summed E-state index contributed by atoms with van der Waals surface area (Å²) in [6.45, 7) is 7.46. The van der Waals surface area contributed by atoms with Gasteiger partial charge in [-0.3, -0.25) is 4.79 Å². The number of hydrogen-bond acceptors (Lipinski definition) is 5. The van der Waals surface area contributed by atoms with E-state index < -0.39 is 15.6 Å². The van der Waals surface area contributed by atoms with E-state index in [-0.39, 0.29) is 22.8 Å². The minimum atomic E-state index is -3.78. The van der Waals surface area contributed by atoms with Crippen molar-refractivity contribution in [3.8, 4) is 0 Å². The average Bonchev–Trinajstić information content (AvgIpc) is 3.11. The van der Waals surface area contributed by atoms with Gasteiger partial charge in [-0.05, 0) is 70.2 Å². The zero-order valence-electron chi connectivity index (χ0n) is 19.8. The van der Waals surface area contributed by atoms with E-state index in [1.54, 1.807) is 17.0 Å². The Bertz CT molecular complexity index is 991. The number of hydrogen-bond donors (Lipinski definition) is 1. The van der Waals surface area contributed by atoms with Gasteiger partial charge in [0.15, 0.2) is 0 Å². The molecule has 2 saturated heterocycles. The van der Waals surface area contributed by atoms with Crippen LogP contribution in [0.2, 0.25) is 0 Å². The van der Waals surface area contributed by atoms with Crippen molar-refractivity contribution in [1.82, 2.24) is 9.80 Å². The van der Waals surface area contributed by atoms with Crippen molar-refractivity contribution in [3.63, 3.8) is 0 Å². The van der Waals surface area contributed by atoms with Crippen molar-refractivity contribution < 1.29 is 22.7 Å². The molecule has 2 aliphatic rings. The molecule has 0 saturated carbocycles. The number of carbonyl (C=O) groups is 2. The molecule has 1 aromatic carbocycles. The van der Waals surface area contributed by atoms with Gasteiger partial charge in [0.05, 0.1) is 4.90 Å². The highest BCUT2D eigenvalue weighted by atomic mass is 32.2. The summed E-state index contributed by atoms with van der Waals surface area (Å²) in [5, 5.41) is 2.83. The summed E-state index contributed by atoms with van der Waals surface area (Å²) >= 11 is 0. The number of likely N-dealkylation sites (tertiary alicyclic amines) is 2. The largest absolute Gasteiger partial charge is 0.444 e. The van der Waals surface area contributed by atoms with Crippen molar-refractivity contribution in [2.75, 3.05) is 32.0 Å². The number of piperidine rings is 1. The van der Waals surface area contributed by atoms with Crippen LogP contribution in [0.25, 0.3) is 0 Å². The predicted molar refractivity (Wildman–Crippen MR) is 127 cm³/mol. The standard InChI is InChI=1S/C23H34N4O5S/c1-23(2,3)32-22(29)27-14-11-17(12-15-27)16-21(28)24-18-7-9-19(10-8-18)33(30,31)25-20-6-5-13-26(20)4/h7-10,17H,5-6,11-16H2,1-4H3,(H,24,28)/b25-20+. The average molecular weight is 479 g/mol. The maximum Gasteiger partial charge on any atom is 0.410 e. The third-order valence-corrected chi connectivity index (χ3v) is 7.06. The lowest BCUT2D eigenvalue weighted by Gasteiger charge is -2.33. The normalized spacial score (nSPS) is 19.1. The van der Waals surface area contributed by atoms with Crippen LogP contribution in [-0.2, 0) is 19.6 Å². The fourth-order valence-corrected chi connectivity index (χ4v) is 5.03. The summed E-state index contributed by atoms with van der Waals surface area (Å²) in [5.41, 5.74) is 0.0124. The highest BCUT2D eigenvalue weighted by molar-refractivity contribution is 7.90. The molecule has 0 radical (unpaired) electrons. The number of nitrogens with zero attached hydrogens (tertiary/aromatic N) is 3. The van der Waals surface area contributed by atoms with E-state index in [2.05, 4.69) is 9.71 Å². The van der Waals surface area contributed by atoms with Crippen LogP contribution in [0.15, 0.2) is 33.6 Å². The monoisotopic (exact) mass is 478 g/mol. The first-order valence-corrected chi connectivity index (χ1v) is 12.8. The smallest absolute Gasteiger partial charge is 0.410 e. The maximum atomic E-state index is 12.5. The molecule has 10 heteroatoms. The van der Waals surface area contributed by atoms with Crippen molar-refractivity contribution >= 4 is 33.5 Å². The number of anilines is 1. The van der Waals surface area contributed by atoms with E-state index in [4.69, 9.17) is 4.74 Å². The molecule has 182 valence electrons. The van der Waals surface area contributed by atoms with Gasteiger partial charge in [0.2, 0.25) is 5.91 Å². The molecule has 3 rings (SSSR count). The van der Waals surface area contributed by atoms with Crippen LogP contribution in [-0.4, -0.2) is 68.3 Å². The Kier molecular flexibility index (Phi) is 7.66. The highest BCUT2D eigenvalue weighted by Crippen LogP contribution is 2.24. The Balaban J connectivity index is 1.49. The molecule has 1 N–H and O–H groups in total. The molecule has 0 aromatic heterocycles. The third kappa shape index (κ3) is 7.18. The van der Waals surface area contributed by atoms with Crippen LogP contribution in [0, 0.1) is 5.92 Å². The van der Waals surface area contributed by atoms with Gasteiger partial charge in [0, 0.05) is 45.2 Å². The third-order valence-electron chi connectivity index (χ3n) is 5.74. The summed E-state index contributed by atoms with van der Waals surface area (Å²) < 4.78 is 34.4. The number of ether oxygens (including phenoxy) is 1. The first-order valence-electron chi connectivity index (χ1n) is 11.4. The Hall–Kier alpha value is -2.62. The van der Waals surface area contributed by atoms with Crippen molar-refractivity contribution in [2.45, 2.75) is 63.4 Å². The molecule has 0 atom stereocenters. The lowest BCUT2D eigenvalue weighted by Crippen LogP contribution is -2.42. The SMILES string of the molecule is CN1CCC/C1=N\S(=O)(=O)c1ccc(NC(=O)CC2CCN(C(=O)OC(C)(C)C)CC2)cc1. The van der Waals surface area contributed by atoms with Gasteiger partial charge in [0.25, 0.3) is 10.0 Å². The number of sulfonamides is 1. The van der Waals surface area contributed by atoms with E-state index in [1.165, 1.54) is 12.1 Å². The molecule has 2 amide bonds. The van der Waals surface area contributed by atoms with Crippen molar-refractivity contribution in [1.29, 1.82) is 0 Å². The fraction of sp³-hybridized carbons (Fsp3) is 0.609. The molecule has 1 aromatic rings. The van der Waals surface area contributed by atoms with Crippen molar-refractivity contribution in [3.05, 3.63) is 24.3 Å². The fourth-order valence-electron chi connectivity index (χ4n) is 3.93. The topological polar surface area (TPSA) is 108 Å². The van der Waals surface area contributed by atoms with E-state index in [9.17, 15) is 18.0 Å². The second kappa shape index (κ2) is 10.1. The minimum Gasteiger partial charge on any atom is -0.444 e. The Morgan fingerprint density at radius 3 is 2.30 bits per heavy atom. The van der Waals surface area contributed by atoms with Crippen LogP contribution in [0.5, 0.6) is 0 Å². The molecule has 0 aliphatic carbocycles. The first kappa shape index (κ1) is 25.0. The summed E-state index contributed by atoms with van der Waals surface area (Å²) in [6, 6.07) is 6.08. The number of amides is 2. The van der Waals surface area contributed by atoms with Gasteiger partial charge in [-0.25, -0.2) is 4.79 Å². The predicted octanol–water partition coefficient (Wildman–Crippen LogP) is 3.48. The first-order chi connectivity index (χ1) is 15.4. The maximum absolute atomic E-state index is 12.5. The molecule has 0 bridgehead atoms. The van der Waals surface area contributed by atoms with Gasteiger partial charge in [-0.1, -0.05) is 0 Å². The minimum absolute atomic E-state index is 0.0998. The van der Waals surface area contributed by atoms with Crippen LogP contribution < -0.4 is 5.32 Å². The van der Waals surface area contributed by atoms with Crippen LogP contribution >= 0.6 is 0 Å². The van der Waals surface area contributed by atoms with Gasteiger partial charge in [-0.2, -0.15) is 8.42 Å². The molecule has 2 heterocycles. The van der Waals surface area contributed by atoms with Gasteiger partial charge < -0.3 is 19.9 Å². The summed E-state index contributed by atoms with van der Waals surface area (Å²) in [7, 11) is -1.94. The Morgan fingerprint density at radius 2 is 1.76 bits per heavy atom. The Morgan fingerprint density at radius 1 is 1.12 bits per heavy atom. The van der Waals surface area contributed by atoms with Crippen LogP contribution in [0.4, 0.5) is 10.5 Å². The summed E-state index contributed by atoms with van der Waals surface area (Å²) in [5.74, 6) is 0.627. The second-order valence-corrected chi connectivity index (χ2v) is 11.3. The van der Waals surface area contributed by atoms with E-state index in [0.29, 0.717) is 37.5 Å². The molecule has 2 fully saturated rings. The number of carbonyl (C=O) groups excluding carboxylic acids is 2. The zero-order chi connectivity index (χ0) is 24.2. The molecule has 0 spiro atoms. The lowest BCUT2D eigenvalue weighted by atomic mass is 9.93. The van der Waals surface area contributed by atoms with Gasteiger partial charge in [0.1, 0.15) is 11.4 Å². The number of rotatable bonds is 5. The van der Waals surface area contributed by atoms with Gasteiger partial charge >= 0.3 is 6.09 Å². The quantitative estimate of drug-likeness (QED) is 0.694. The molecule has 2 aliphatic heterocycles. The number of amidine groups is 1. The zero-order valence-corrected chi connectivity index (χ0v) is 20.7. The second-order valence-electron chi connectivity index (χ2n) is 9.70. The Labute approximate surface area is 196 Å². The van der Waals surface area contributed by atoms with E-state index in [1.807, 2.05) is 32.7 Å². The molecule has 0 unspecified atom stereocenters. The molecular weight excluding hydrogens is 444 g/mol.